The minimum Gasteiger partial charge on any atom is -0.294 e. The van der Waals surface area contributed by atoms with E-state index in [1.807, 2.05) is 18.4 Å². The molecule has 88 valence electrons. The summed E-state index contributed by atoms with van der Waals surface area (Å²) in [4.78, 5) is 16.3. The van der Waals surface area contributed by atoms with Gasteiger partial charge < -0.3 is 0 Å². The molecule has 0 amide bonds. The standard InChI is InChI=1S/C12H9BrClNOS/c1-7-6-17-12(15-7)5-11(16)9-3-2-8(13)4-10(9)14/h2-4,6H,5H2,1H3. The van der Waals surface area contributed by atoms with Crippen LogP contribution in [-0.2, 0) is 6.42 Å². The Morgan fingerprint density at radius 3 is 2.88 bits per heavy atom. The maximum atomic E-state index is 12.0. The van der Waals surface area contributed by atoms with Crippen LogP contribution in [0.1, 0.15) is 21.1 Å². The Kier molecular flexibility index (Phi) is 3.97. The first-order chi connectivity index (χ1) is 8.06. The van der Waals surface area contributed by atoms with Crippen LogP contribution in [0.4, 0.5) is 0 Å². The van der Waals surface area contributed by atoms with Crippen LogP contribution < -0.4 is 0 Å². The van der Waals surface area contributed by atoms with Crippen LogP contribution in [0.2, 0.25) is 5.02 Å². The molecular weight excluding hydrogens is 322 g/mol. The Bertz CT molecular complexity index is 567. The summed E-state index contributed by atoms with van der Waals surface area (Å²) >= 11 is 10.8. The van der Waals surface area contributed by atoms with E-state index in [2.05, 4.69) is 20.9 Å². The zero-order valence-electron chi connectivity index (χ0n) is 9.04. The first kappa shape index (κ1) is 12.7. The number of rotatable bonds is 3. The highest BCUT2D eigenvalue weighted by Crippen LogP contribution is 2.23. The van der Waals surface area contributed by atoms with Crippen LogP contribution in [0.15, 0.2) is 28.1 Å². The van der Waals surface area contributed by atoms with Crippen molar-refractivity contribution in [3.8, 4) is 0 Å². The Hall–Kier alpha value is -0.710. The second-order valence-corrected chi connectivity index (χ2v) is 5.87. The van der Waals surface area contributed by atoms with Gasteiger partial charge in [-0.2, -0.15) is 0 Å². The minimum absolute atomic E-state index is 0.00292. The molecule has 0 saturated heterocycles. The summed E-state index contributed by atoms with van der Waals surface area (Å²) in [5.41, 5.74) is 1.49. The summed E-state index contributed by atoms with van der Waals surface area (Å²) in [6, 6.07) is 5.27. The van der Waals surface area contributed by atoms with Crippen molar-refractivity contribution < 1.29 is 4.79 Å². The molecule has 2 rings (SSSR count). The third-order valence-corrected chi connectivity index (χ3v) is 3.98. The van der Waals surface area contributed by atoms with Gasteiger partial charge in [-0.05, 0) is 25.1 Å². The number of carbonyl (C=O) groups is 1. The van der Waals surface area contributed by atoms with E-state index >= 15 is 0 Å². The van der Waals surface area contributed by atoms with E-state index in [4.69, 9.17) is 11.6 Å². The Labute approximate surface area is 117 Å². The van der Waals surface area contributed by atoms with Crippen LogP contribution in [-0.4, -0.2) is 10.8 Å². The number of carbonyl (C=O) groups excluding carboxylic acids is 1. The van der Waals surface area contributed by atoms with Gasteiger partial charge in [0.05, 0.1) is 11.4 Å². The van der Waals surface area contributed by atoms with Gasteiger partial charge >= 0.3 is 0 Å². The second-order valence-electron chi connectivity index (χ2n) is 3.61. The van der Waals surface area contributed by atoms with Crippen molar-refractivity contribution in [3.63, 3.8) is 0 Å². The van der Waals surface area contributed by atoms with E-state index < -0.39 is 0 Å². The molecule has 1 aromatic carbocycles. The van der Waals surface area contributed by atoms with E-state index in [9.17, 15) is 4.79 Å². The van der Waals surface area contributed by atoms with E-state index in [0.717, 1.165) is 15.2 Å². The quantitative estimate of drug-likeness (QED) is 0.786. The number of hydrogen-bond donors (Lipinski definition) is 0. The lowest BCUT2D eigenvalue weighted by atomic mass is 10.1. The third-order valence-electron chi connectivity index (χ3n) is 2.21. The maximum absolute atomic E-state index is 12.0. The van der Waals surface area contributed by atoms with Gasteiger partial charge in [-0.1, -0.05) is 27.5 Å². The van der Waals surface area contributed by atoms with Crippen LogP contribution in [0.3, 0.4) is 0 Å². The van der Waals surface area contributed by atoms with E-state index in [1.165, 1.54) is 11.3 Å². The fraction of sp³-hybridized carbons (Fsp3) is 0.167. The molecule has 0 aliphatic rings. The van der Waals surface area contributed by atoms with Crippen molar-refractivity contribution in [1.82, 2.24) is 4.98 Å². The SMILES string of the molecule is Cc1csc(CC(=O)c2ccc(Br)cc2Cl)n1. The third kappa shape index (κ3) is 3.15. The molecule has 0 aliphatic heterocycles. The highest BCUT2D eigenvalue weighted by molar-refractivity contribution is 9.10. The van der Waals surface area contributed by atoms with Crippen molar-refractivity contribution in [2.45, 2.75) is 13.3 Å². The predicted octanol–water partition coefficient (Wildman–Crippen LogP) is 4.29. The Balaban J connectivity index is 2.20. The molecule has 0 unspecified atom stereocenters. The number of halogens is 2. The molecule has 2 nitrogen and oxygen atoms in total. The molecule has 0 saturated carbocycles. The maximum Gasteiger partial charge on any atom is 0.171 e. The second kappa shape index (κ2) is 5.29. The van der Waals surface area contributed by atoms with E-state index in [0.29, 0.717) is 17.0 Å². The highest BCUT2D eigenvalue weighted by Gasteiger charge is 2.13. The van der Waals surface area contributed by atoms with Crippen LogP contribution in [0.25, 0.3) is 0 Å². The normalized spacial score (nSPS) is 10.5. The topological polar surface area (TPSA) is 30.0 Å². The summed E-state index contributed by atoms with van der Waals surface area (Å²) in [5, 5.41) is 3.23. The smallest absolute Gasteiger partial charge is 0.171 e. The number of aromatic nitrogens is 1. The summed E-state index contributed by atoms with van der Waals surface area (Å²) in [6.07, 6.45) is 0.305. The van der Waals surface area contributed by atoms with Gasteiger partial charge in [-0.15, -0.1) is 11.3 Å². The zero-order chi connectivity index (χ0) is 12.4. The Morgan fingerprint density at radius 2 is 2.29 bits per heavy atom. The van der Waals surface area contributed by atoms with Gasteiger partial charge in [-0.25, -0.2) is 4.98 Å². The van der Waals surface area contributed by atoms with Crippen LogP contribution >= 0.6 is 38.9 Å². The number of thiazole rings is 1. The molecule has 0 radical (unpaired) electrons. The lowest BCUT2D eigenvalue weighted by molar-refractivity contribution is 0.0993. The molecule has 2 aromatic rings. The zero-order valence-corrected chi connectivity index (χ0v) is 12.2. The van der Waals surface area contributed by atoms with Crippen molar-refractivity contribution in [2.24, 2.45) is 0 Å². The van der Waals surface area contributed by atoms with E-state index in [1.54, 1.807) is 12.1 Å². The predicted molar refractivity (Wildman–Crippen MR) is 74.0 cm³/mol. The number of benzene rings is 1. The molecular formula is C12H9BrClNOS. The molecule has 5 heteroatoms. The summed E-state index contributed by atoms with van der Waals surface area (Å²) in [6.45, 7) is 1.91. The van der Waals surface area contributed by atoms with Crippen molar-refractivity contribution >= 4 is 44.7 Å². The van der Waals surface area contributed by atoms with Gasteiger partial charge in [0, 0.05) is 21.1 Å². The number of ketones is 1. The molecule has 0 spiro atoms. The van der Waals surface area contributed by atoms with E-state index in [-0.39, 0.29) is 5.78 Å². The van der Waals surface area contributed by atoms with Gasteiger partial charge in [0.2, 0.25) is 0 Å². The van der Waals surface area contributed by atoms with Crippen molar-refractivity contribution in [3.05, 3.63) is 49.3 Å². The van der Waals surface area contributed by atoms with Crippen LogP contribution in [0.5, 0.6) is 0 Å². The summed E-state index contributed by atoms with van der Waals surface area (Å²) in [7, 11) is 0. The van der Waals surface area contributed by atoms with Crippen LogP contribution in [0, 0.1) is 6.92 Å². The molecule has 0 atom stereocenters. The Morgan fingerprint density at radius 1 is 1.53 bits per heavy atom. The van der Waals surface area contributed by atoms with Gasteiger partial charge in [0.25, 0.3) is 0 Å². The van der Waals surface area contributed by atoms with Crippen molar-refractivity contribution in [1.29, 1.82) is 0 Å². The summed E-state index contributed by atoms with van der Waals surface area (Å²) < 4.78 is 0.865. The lowest BCUT2D eigenvalue weighted by Gasteiger charge is -2.02. The lowest BCUT2D eigenvalue weighted by Crippen LogP contribution is -2.04. The van der Waals surface area contributed by atoms with Gasteiger partial charge in [0.15, 0.2) is 5.78 Å². The largest absolute Gasteiger partial charge is 0.294 e. The highest BCUT2D eigenvalue weighted by atomic mass is 79.9. The molecule has 0 N–H and O–H groups in total. The summed E-state index contributed by atoms with van der Waals surface area (Å²) in [5.74, 6) is -0.00292. The fourth-order valence-corrected chi connectivity index (χ4v) is 2.98. The molecule has 0 bridgehead atoms. The number of nitrogens with zero attached hydrogens (tertiary/aromatic N) is 1. The molecule has 0 fully saturated rings. The first-order valence-electron chi connectivity index (χ1n) is 4.95. The number of hydrogen-bond acceptors (Lipinski definition) is 3. The number of aryl methyl sites for hydroxylation is 1. The fourth-order valence-electron chi connectivity index (χ4n) is 1.43. The monoisotopic (exact) mass is 329 g/mol. The number of Topliss-reactive ketones (excluding diaryl/α,β-unsaturated/α-hetero) is 1. The first-order valence-corrected chi connectivity index (χ1v) is 7.00. The average Bonchev–Trinajstić information content (AvgIpc) is 2.63. The molecule has 0 aliphatic carbocycles. The average molecular weight is 331 g/mol. The van der Waals surface area contributed by atoms with Gasteiger partial charge in [0.1, 0.15) is 5.01 Å². The molecule has 17 heavy (non-hydrogen) atoms. The molecule has 1 heterocycles. The van der Waals surface area contributed by atoms with Crippen molar-refractivity contribution in [2.75, 3.05) is 0 Å². The molecule has 1 aromatic heterocycles. The minimum atomic E-state index is -0.00292. The van der Waals surface area contributed by atoms with Gasteiger partial charge in [-0.3, -0.25) is 4.79 Å².